The lowest BCUT2D eigenvalue weighted by Crippen LogP contribution is -2.45. The summed E-state index contributed by atoms with van der Waals surface area (Å²) in [6.45, 7) is 1.56. The molecule has 0 saturated heterocycles. The summed E-state index contributed by atoms with van der Waals surface area (Å²) in [5.41, 5.74) is 0.713. The van der Waals surface area contributed by atoms with Gasteiger partial charge in [-0.15, -0.1) is 11.3 Å². The van der Waals surface area contributed by atoms with Gasteiger partial charge in [-0.1, -0.05) is 36.4 Å². The van der Waals surface area contributed by atoms with E-state index >= 15 is 0 Å². The topological polar surface area (TPSA) is 92.3 Å². The number of carbonyl (C=O) groups is 2. The molecular formula is C17H20N2O4S2. The molecule has 1 heterocycles. The van der Waals surface area contributed by atoms with Gasteiger partial charge in [-0.05, 0) is 23.9 Å². The summed E-state index contributed by atoms with van der Waals surface area (Å²) in [6, 6.07) is 11.6. The van der Waals surface area contributed by atoms with Crippen molar-refractivity contribution in [1.82, 2.24) is 10.6 Å². The van der Waals surface area contributed by atoms with E-state index < -0.39 is 21.8 Å². The van der Waals surface area contributed by atoms with Gasteiger partial charge in [-0.25, -0.2) is 8.42 Å². The lowest BCUT2D eigenvalue weighted by atomic mass is 10.2. The van der Waals surface area contributed by atoms with E-state index in [2.05, 4.69) is 10.6 Å². The molecule has 134 valence electrons. The molecule has 1 aromatic carbocycles. The van der Waals surface area contributed by atoms with Gasteiger partial charge in [0.05, 0.1) is 16.4 Å². The van der Waals surface area contributed by atoms with Gasteiger partial charge < -0.3 is 10.6 Å². The van der Waals surface area contributed by atoms with Crippen molar-refractivity contribution in [1.29, 1.82) is 0 Å². The van der Waals surface area contributed by atoms with E-state index in [0.717, 1.165) is 0 Å². The molecule has 0 radical (unpaired) electrons. The highest BCUT2D eigenvalue weighted by Gasteiger charge is 2.18. The van der Waals surface area contributed by atoms with Gasteiger partial charge in [0.15, 0.2) is 9.84 Å². The van der Waals surface area contributed by atoms with Crippen molar-refractivity contribution in [2.75, 3.05) is 12.3 Å². The smallest absolute Gasteiger partial charge is 0.261 e. The van der Waals surface area contributed by atoms with E-state index in [1.165, 1.54) is 11.3 Å². The quantitative estimate of drug-likeness (QED) is 0.728. The third kappa shape index (κ3) is 6.32. The zero-order valence-corrected chi connectivity index (χ0v) is 15.4. The molecule has 8 heteroatoms. The molecule has 2 aromatic rings. The standard InChI is InChI=1S/C17H20N2O4S2/c1-13(19-17(21)15-8-5-10-24-15)16(20)18-9-11-25(22,23)12-14-6-3-2-4-7-14/h2-8,10,13H,9,11-12H2,1H3,(H,18,20)(H,19,21)/t13-/m1/s1. The minimum atomic E-state index is -3.31. The number of amides is 2. The van der Waals surface area contributed by atoms with Crippen LogP contribution in [0.4, 0.5) is 0 Å². The number of benzene rings is 1. The van der Waals surface area contributed by atoms with E-state index in [1.54, 1.807) is 48.7 Å². The van der Waals surface area contributed by atoms with Crippen LogP contribution in [-0.2, 0) is 20.4 Å². The van der Waals surface area contributed by atoms with Crippen molar-refractivity contribution in [2.45, 2.75) is 18.7 Å². The molecule has 0 bridgehead atoms. The molecule has 0 spiro atoms. The fourth-order valence-electron chi connectivity index (χ4n) is 2.12. The number of thiophene rings is 1. The zero-order chi connectivity index (χ0) is 18.3. The minimum absolute atomic E-state index is 0.00716. The highest BCUT2D eigenvalue weighted by molar-refractivity contribution is 7.90. The number of hydrogen-bond donors (Lipinski definition) is 2. The Kier molecular flexibility index (Phi) is 6.72. The summed E-state index contributed by atoms with van der Waals surface area (Å²) >= 11 is 1.28. The Morgan fingerprint density at radius 2 is 1.84 bits per heavy atom. The van der Waals surface area contributed by atoms with E-state index in [-0.39, 0.29) is 24.0 Å². The summed E-state index contributed by atoms with van der Waals surface area (Å²) in [5.74, 6) is -0.956. The Bertz CT molecular complexity index is 802. The molecule has 25 heavy (non-hydrogen) atoms. The summed E-state index contributed by atoms with van der Waals surface area (Å²) in [6.07, 6.45) is 0. The predicted molar refractivity (Wildman–Crippen MR) is 98.2 cm³/mol. The first kappa shape index (κ1) is 19.1. The lowest BCUT2D eigenvalue weighted by Gasteiger charge is -2.13. The van der Waals surface area contributed by atoms with E-state index in [0.29, 0.717) is 10.4 Å². The second-order valence-corrected chi connectivity index (χ2v) is 8.67. The molecule has 0 unspecified atom stereocenters. The monoisotopic (exact) mass is 380 g/mol. The van der Waals surface area contributed by atoms with Crippen LogP contribution in [0, 0.1) is 0 Å². The Hall–Kier alpha value is -2.19. The van der Waals surface area contributed by atoms with E-state index in [4.69, 9.17) is 0 Å². The molecule has 0 aliphatic rings. The molecule has 1 aromatic heterocycles. The molecule has 0 aliphatic heterocycles. The van der Waals surface area contributed by atoms with Gasteiger partial charge in [0, 0.05) is 6.54 Å². The maximum Gasteiger partial charge on any atom is 0.261 e. The molecule has 1 atom stereocenters. The van der Waals surface area contributed by atoms with Crippen molar-refractivity contribution >= 4 is 33.0 Å². The highest BCUT2D eigenvalue weighted by Crippen LogP contribution is 2.08. The van der Waals surface area contributed by atoms with Crippen molar-refractivity contribution < 1.29 is 18.0 Å². The Labute approximate surface area is 151 Å². The van der Waals surface area contributed by atoms with Crippen LogP contribution in [0.1, 0.15) is 22.2 Å². The minimum Gasteiger partial charge on any atom is -0.353 e. The van der Waals surface area contributed by atoms with Crippen LogP contribution in [0.25, 0.3) is 0 Å². The third-order valence-corrected chi connectivity index (χ3v) is 5.90. The van der Waals surface area contributed by atoms with Crippen LogP contribution < -0.4 is 10.6 Å². The van der Waals surface area contributed by atoms with Gasteiger partial charge in [0.25, 0.3) is 5.91 Å². The second-order valence-electron chi connectivity index (χ2n) is 5.54. The van der Waals surface area contributed by atoms with E-state index in [9.17, 15) is 18.0 Å². The van der Waals surface area contributed by atoms with Crippen LogP contribution >= 0.6 is 11.3 Å². The average molecular weight is 380 g/mol. The van der Waals surface area contributed by atoms with Gasteiger partial charge in [-0.2, -0.15) is 0 Å². The maximum atomic E-state index is 12.1. The first-order valence-corrected chi connectivity index (χ1v) is 10.4. The van der Waals surface area contributed by atoms with Crippen molar-refractivity contribution in [3.05, 3.63) is 58.3 Å². The predicted octanol–water partition coefficient (Wildman–Crippen LogP) is 1.60. The summed E-state index contributed by atoms with van der Waals surface area (Å²) < 4.78 is 24.1. The van der Waals surface area contributed by atoms with Gasteiger partial charge in [0.1, 0.15) is 6.04 Å². The van der Waals surface area contributed by atoms with E-state index in [1.807, 2.05) is 6.07 Å². The summed E-state index contributed by atoms with van der Waals surface area (Å²) in [7, 11) is -3.31. The van der Waals surface area contributed by atoms with Crippen molar-refractivity contribution in [3.8, 4) is 0 Å². The lowest BCUT2D eigenvalue weighted by molar-refractivity contribution is -0.122. The SMILES string of the molecule is C[C@@H](NC(=O)c1cccs1)C(=O)NCCS(=O)(=O)Cc1ccccc1. The normalized spacial score (nSPS) is 12.4. The van der Waals surface area contributed by atoms with Crippen molar-refractivity contribution in [3.63, 3.8) is 0 Å². The van der Waals surface area contributed by atoms with Crippen molar-refractivity contribution in [2.24, 2.45) is 0 Å². The molecule has 2 rings (SSSR count). The fraction of sp³-hybridized carbons (Fsp3) is 0.294. The van der Waals surface area contributed by atoms with Crippen LogP contribution in [0.2, 0.25) is 0 Å². The molecule has 0 aliphatic carbocycles. The first-order chi connectivity index (χ1) is 11.9. The number of carbonyl (C=O) groups excluding carboxylic acids is 2. The third-order valence-electron chi connectivity index (χ3n) is 3.43. The molecule has 6 nitrogen and oxygen atoms in total. The Morgan fingerprint density at radius 1 is 1.12 bits per heavy atom. The van der Waals surface area contributed by atoms with Gasteiger partial charge in [-0.3, -0.25) is 9.59 Å². The number of hydrogen-bond acceptors (Lipinski definition) is 5. The number of rotatable bonds is 8. The molecule has 2 amide bonds. The fourth-order valence-corrected chi connectivity index (χ4v) is 4.01. The maximum absolute atomic E-state index is 12.1. The summed E-state index contributed by atoms with van der Waals surface area (Å²) in [4.78, 5) is 24.4. The Morgan fingerprint density at radius 3 is 2.48 bits per heavy atom. The van der Waals surface area contributed by atoms with Crippen LogP contribution in [0.5, 0.6) is 0 Å². The molecule has 0 fully saturated rings. The second kappa shape index (κ2) is 8.77. The Balaban J connectivity index is 1.76. The molecular weight excluding hydrogens is 360 g/mol. The number of nitrogens with one attached hydrogen (secondary N) is 2. The number of sulfone groups is 1. The zero-order valence-electron chi connectivity index (χ0n) is 13.8. The van der Waals surface area contributed by atoms with Crippen LogP contribution in [0.3, 0.4) is 0 Å². The van der Waals surface area contributed by atoms with Gasteiger partial charge >= 0.3 is 0 Å². The molecule has 0 saturated carbocycles. The average Bonchev–Trinajstić information content (AvgIpc) is 3.09. The largest absolute Gasteiger partial charge is 0.353 e. The van der Waals surface area contributed by atoms with Gasteiger partial charge in [0.2, 0.25) is 5.91 Å². The van der Waals surface area contributed by atoms with Crippen LogP contribution in [0.15, 0.2) is 47.8 Å². The highest BCUT2D eigenvalue weighted by atomic mass is 32.2. The molecule has 2 N–H and O–H groups in total. The van der Waals surface area contributed by atoms with Crippen LogP contribution in [-0.4, -0.2) is 38.6 Å². The summed E-state index contributed by atoms with van der Waals surface area (Å²) in [5, 5.41) is 6.90. The first-order valence-electron chi connectivity index (χ1n) is 7.74.